The van der Waals surface area contributed by atoms with Gasteiger partial charge in [-0.2, -0.15) is 0 Å². The number of hydrogen-bond acceptors (Lipinski definition) is 4. The molecule has 1 atom stereocenters. The summed E-state index contributed by atoms with van der Waals surface area (Å²) < 4.78 is 5.34. The number of carbonyl (C=O) groups is 2. The molecule has 1 aromatic rings. The van der Waals surface area contributed by atoms with Crippen LogP contribution in [-0.2, 0) is 4.74 Å². The fourth-order valence-electron chi connectivity index (χ4n) is 2.68. The molecule has 26 heavy (non-hydrogen) atoms. The Morgan fingerprint density at radius 2 is 1.77 bits per heavy atom. The number of hydrogen-bond donors (Lipinski definition) is 3. The molecule has 1 fully saturated rings. The Kier molecular flexibility index (Phi) is 6.99. The lowest BCUT2D eigenvalue weighted by Gasteiger charge is -2.32. The molecule has 0 aromatic heterocycles. The van der Waals surface area contributed by atoms with Gasteiger partial charge in [0.05, 0.1) is 13.2 Å². The van der Waals surface area contributed by atoms with Crippen LogP contribution in [0, 0.1) is 0 Å². The van der Waals surface area contributed by atoms with E-state index in [1.165, 1.54) is 0 Å². The van der Waals surface area contributed by atoms with Gasteiger partial charge in [-0.25, -0.2) is 4.79 Å². The van der Waals surface area contributed by atoms with Gasteiger partial charge in [-0.15, -0.1) is 0 Å². The minimum Gasteiger partial charge on any atom is -0.379 e. The zero-order valence-corrected chi connectivity index (χ0v) is 16.1. The second-order valence-corrected chi connectivity index (χ2v) is 7.61. The molecule has 1 aliphatic rings. The number of nitrogens with zero attached hydrogens (tertiary/aromatic N) is 1. The number of carbonyl (C=O) groups excluding carboxylic acids is 2. The molecule has 2 rings (SSSR count). The third-order valence-corrected chi connectivity index (χ3v) is 4.12. The monoisotopic (exact) mass is 362 g/mol. The second-order valence-electron chi connectivity index (χ2n) is 7.61. The first-order chi connectivity index (χ1) is 12.2. The van der Waals surface area contributed by atoms with E-state index in [2.05, 4.69) is 27.8 Å². The summed E-state index contributed by atoms with van der Waals surface area (Å²) >= 11 is 0. The van der Waals surface area contributed by atoms with Gasteiger partial charge in [0, 0.05) is 42.5 Å². The highest BCUT2D eigenvalue weighted by molar-refractivity contribution is 5.95. The second kappa shape index (κ2) is 9.00. The lowest BCUT2D eigenvalue weighted by atomic mass is 10.1. The normalized spacial score (nSPS) is 16.6. The Labute approximate surface area is 155 Å². The number of morpholine rings is 1. The van der Waals surface area contributed by atoms with Crippen LogP contribution >= 0.6 is 0 Å². The summed E-state index contributed by atoms with van der Waals surface area (Å²) in [6, 6.07) is 6.86. The summed E-state index contributed by atoms with van der Waals surface area (Å²) in [7, 11) is 0. The highest BCUT2D eigenvalue weighted by Gasteiger charge is 2.18. The van der Waals surface area contributed by atoms with E-state index in [9.17, 15) is 9.59 Å². The Balaban J connectivity index is 1.79. The van der Waals surface area contributed by atoms with Gasteiger partial charge in [-0.1, -0.05) is 0 Å². The van der Waals surface area contributed by atoms with Crippen molar-refractivity contribution >= 4 is 17.6 Å². The maximum atomic E-state index is 12.1. The van der Waals surface area contributed by atoms with Gasteiger partial charge in [0.2, 0.25) is 0 Å². The van der Waals surface area contributed by atoms with E-state index in [0.29, 0.717) is 17.8 Å². The van der Waals surface area contributed by atoms with Crippen LogP contribution in [0.25, 0.3) is 0 Å². The fourth-order valence-corrected chi connectivity index (χ4v) is 2.68. The molecule has 144 valence electrons. The first-order valence-corrected chi connectivity index (χ1v) is 9.04. The minimum atomic E-state index is -0.287. The molecule has 1 aliphatic heterocycles. The van der Waals surface area contributed by atoms with Crippen LogP contribution in [0.3, 0.4) is 0 Å². The molecule has 3 amide bonds. The Bertz CT molecular complexity index is 604. The van der Waals surface area contributed by atoms with E-state index in [4.69, 9.17) is 4.74 Å². The summed E-state index contributed by atoms with van der Waals surface area (Å²) in [5, 5.41) is 8.58. The maximum Gasteiger partial charge on any atom is 0.319 e. The summed E-state index contributed by atoms with van der Waals surface area (Å²) in [5.74, 6) is -0.132. The molecule has 1 saturated heterocycles. The maximum absolute atomic E-state index is 12.1. The van der Waals surface area contributed by atoms with Crippen LogP contribution in [0.4, 0.5) is 10.5 Å². The smallest absolute Gasteiger partial charge is 0.319 e. The predicted molar refractivity (Wildman–Crippen MR) is 103 cm³/mol. The molecule has 7 nitrogen and oxygen atoms in total. The fraction of sp³-hybridized carbons (Fsp3) is 0.579. The van der Waals surface area contributed by atoms with Crippen molar-refractivity contribution in [3.8, 4) is 0 Å². The van der Waals surface area contributed by atoms with Crippen molar-refractivity contribution in [1.82, 2.24) is 15.5 Å². The zero-order chi connectivity index (χ0) is 19.2. The zero-order valence-electron chi connectivity index (χ0n) is 16.1. The molecule has 0 spiro atoms. The summed E-state index contributed by atoms with van der Waals surface area (Å²) in [6.07, 6.45) is 0. The van der Waals surface area contributed by atoms with Crippen molar-refractivity contribution < 1.29 is 14.3 Å². The van der Waals surface area contributed by atoms with Crippen molar-refractivity contribution in [2.45, 2.75) is 39.3 Å². The van der Waals surface area contributed by atoms with Gasteiger partial charge in [0.15, 0.2) is 0 Å². The number of benzene rings is 1. The number of ether oxygens (including phenoxy) is 1. The lowest BCUT2D eigenvalue weighted by molar-refractivity contribution is 0.0209. The van der Waals surface area contributed by atoms with E-state index in [1.807, 2.05) is 20.8 Å². The summed E-state index contributed by atoms with van der Waals surface area (Å²) in [6.45, 7) is 11.7. The van der Waals surface area contributed by atoms with Gasteiger partial charge in [0.1, 0.15) is 0 Å². The van der Waals surface area contributed by atoms with E-state index < -0.39 is 0 Å². The van der Waals surface area contributed by atoms with Crippen LogP contribution in [0.1, 0.15) is 38.1 Å². The van der Waals surface area contributed by atoms with Gasteiger partial charge in [-0.05, 0) is 52.0 Å². The number of amides is 3. The van der Waals surface area contributed by atoms with E-state index in [1.54, 1.807) is 24.3 Å². The van der Waals surface area contributed by atoms with Gasteiger partial charge in [-0.3, -0.25) is 9.69 Å². The van der Waals surface area contributed by atoms with Crippen molar-refractivity contribution in [3.05, 3.63) is 29.8 Å². The Hall–Kier alpha value is -2.12. The SMILES string of the molecule is CC(CNC(=O)Nc1ccc(C(=O)NC(C)(C)C)cc1)N1CCOCC1. The molecule has 7 heteroatoms. The highest BCUT2D eigenvalue weighted by Crippen LogP contribution is 2.11. The molecule has 1 aromatic carbocycles. The molecule has 1 heterocycles. The first-order valence-electron chi connectivity index (χ1n) is 9.04. The minimum absolute atomic E-state index is 0.132. The first kappa shape index (κ1) is 20.2. The quantitative estimate of drug-likeness (QED) is 0.749. The number of anilines is 1. The number of urea groups is 1. The van der Waals surface area contributed by atoms with E-state index >= 15 is 0 Å². The number of nitrogens with one attached hydrogen (secondary N) is 3. The van der Waals surface area contributed by atoms with Crippen molar-refractivity contribution in [2.75, 3.05) is 38.2 Å². The van der Waals surface area contributed by atoms with Crippen molar-refractivity contribution in [1.29, 1.82) is 0 Å². The molecule has 0 aliphatic carbocycles. The van der Waals surface area contributed by atoms with Crippen LogP contribution in [0.2, 0.25) is 0 Å². The van der Waals surface area contributed by atoms with Crippen molar-refractivity contribution in [2.24, 2.45) is 0 Å². The average Bonchev–Trinajstić information content (AvgIpc) is 2.59. The molecule has 0 radical (unpaired) electrons. The molecule has 1 unspecified atom stereocenters. The van der Waals surface area contributed by atoms with Crippen LogP contribution in [-0.4, -0.2) is 61.3 Å². The van der Waals surface area contributed by atoms with Gasteiger partial charge < -0.3 is 20.7 Å². The lowest BCUT2D eigenvalue weighted by Crippen LogP contribution is -2.47. The van der Waals surface area contributed by atoms with Crippen LogP contribution in [0.5, 0.6) is 0 Å². The highest BCUT2D eigenvalue weighted by atomic mass is 16.5. The largest absolute Gasteiger partial charge is 0.379 e. The molecule has 0 bridgehead atoms. The summed E-state index contributed by atoms with van der Waals surface area (Å²) in [4.78, 5) is 26.5. The standard InChI is InChI=1S/C19H30N4O3/c1-14(23-9-11-26-12-10-23)13-20-18(25)21-16-7-5-15(6-8-16)17(24)22-19(2,3)4/h5-8,14H,9-13H2,1-4H3,(H,22,24)(H2,20,21,25). The topological polar surface area (TPSA) is 82.7 Å². The Morgan fingerprint density at radius 3 is 2.35 bits per heavy atom. The van der Waals surface area contributed by atoms with E-state index in [-0.39, 0.29) is 23.5 Å². The Morgan fingerprint density at radius 1 is 1.15 bits per heavy atom. The van der Waals surface area contributed by atoms with Crippen molar-refractivity contribution in [3.63, 3.8) is 0 Å². The predicted octanol–water partition coefficient (Wildman–Crippen LogP) is 2.06. The van der Waals surface area contributed by atoms with Gasteiger partial charge in [0.25, 0.3) is 5.91 Å². The third-order valence-electron chi connectivity index (χ3n) is 4.12. The molecular weight excluding hydrogens is 332 g/mol. The van der Waals surface area contributed by atoms with Crippen LogP contribution < -0.4 is 16.0 Å². The average molecular weight is 362 g/mol. The molecular formula is C19H30N4O3. The van der Waals surface area contributed by atoms with Gasteiger partial charge >= 0.3 is 6.03 Å². The number of rotatable bonds is 5. The summed E-state index contributed by atoms with van der Waals surface area (Å²) in [5.41, 5.74) is 0.922. The molecule has 3 N–H and O–H groups in total. The van der Waals surface area contributed by atoms with Crippen LogP contribution in [0.15, 0.2) is 24.3 Å². The third kappa shape index (κ3) is 6.65. The molecule has 0 saturated carbocycles. The van der Waals surface area contributed by atoms with E-state index in [0.717, 1.165) is 26.3 Å².